The molecule has 0 aliphatic carbocycles. The van der Waals surface area contributed by atoms with Gasteiger partial charge in [0.05, 0.1) is 0 Å². The first kappa shape index (κ1) is 18.7. The van der Waals surface area contributed by atoms with E-state index in [-0.39, 0.29) is 39.0 Å². The van der Waals surface area contributed by atoms with Crippen molar-refractivity contribution in [2.24, 2.45) is 0 Å². The summed E-state index contributed by atoms with van der Waals surface area (Å²) >= 11 is 0. The molecule has 0 saturated carbocycles. The summed E-state index contributed by atoms with van der Waals surface area (Å²) in [5.41, 5.74) is -2.05. The van der Waals surface area contributed by atoms with Gasteiger partial charge < -0.3 is 18.9 Å². The van der Waals surface area contributed by atoms with E-state index in [1.807, 2.05) is 13.8 Å². The number of fused-ring (bicyclic) bond motifs is 1. The molecule has 0 aromatic heterocycles. The zero-order valence-corrected chi connectivity index (χ0v) is 15.1. The summed E-state index contributed by atoms with van der Waals surface area (Å²) < 4.78 is 20.8. The number of ether oxygens (including phenoxy) is 4. The first-order valence-electron chi connectivity index (χ1n) is 7.50. The van der Waals surface area contributed by atoms with Crippen molar-refractivity contribution in [3.05, 3.63) is 0 Å². The lowest BCUT2D eigenvalue weighted by Crippen LogP contribution is -2.65. The van der Waals surface area contributed by atoms with Crippen molar-refractivity contribution in [3.63, 3.8) is 0 Å². The van der Waals surface area contributed by atoms with Gasteiger partial charge in [-0.2, -0.15) is 0 Å². The highest BCUT2D eigenvalue weighted by Crippen LogP contribution is 2.50. The van der Waals surface area contributed by atoms with E-state index in [9.17, 15) is 9.59 Å². The molecule has 4 amide bonds. The van der Waals surface area contributed by atoms with Crippen molar-refractivity contribution in [1.82, 2.24) is 19.6 Å². The number of amides is 4. The first-order valence-corrected chi connectivity index (χ1v) is 7.50. The molecule has 0 N–H and O–H groups in total. The maximum absolute atomic E-state index is 13.0. The highest BCUT2D eigenvalue weighted by molar-refractivity contribution is 5.88. The van der Waals surface area contributed by atoms with Crippen molar-refractivity contribution < 1.29 is 28.5 Å². The van der Waals surface area contributed by atoms with Crippen LogP contribution in [0, 0.1) is 0 Å². The normalized spacial score (nSPS) is 29.9. The summed E-state index contributed by atoms with van der Waals surface area (Å²) in [5.74, 6) is 0. The van der Waals surface area contributed by atoms with Crippen LogP contribution in [-0.4, -0.2) is 98.4 Å². The lowest BCUT2D eigenvalue weighted by Gasteiger charge is -2.45. The van der Waals surface area contributed by atoms with Gasteiger partial charge in [0.15, 0.2) is 11.3 Å². The number of hydrogen-bond donors (Lipinski definition) is 0. The summed E-state index contributed by atoms with van der Waals surface area (Å²) in [6.45, 7) is 3.73. The van der Waals surface area contributed by atoms with Crippen molar-refractivity contribution >= 4 is 12.1 Å². The quantitative estimate of drug-likeness (QED) is 0.629. The SMILES string of the molecule is COCN1C(=O)N(COC)C2(C)N(COC)C(=O)N(COC)C12C. The first-order chi connectivity index (χ1) is 11.4. The molecular weight excluding hydrogens is 320 g/mol. The molecule has 10 heteroatoms. The van der Waals surface area contributed by atoms with Crippen LogP contribution in [-0.2, 0) is 18.9 Å². The predicted octanol–water partition coefficient (Wildman–Crippen LogP) is 0.310. The summed E-state index contributed by atoms with van der Waals surface area (Å²) in [5, 5.41) is 0. The Balaban J connectivity index is 2.61. The smallest absolute Gasteiger partial charge is 0.327 e. The van der Waals surface area contributed by atoms with Crippen molar-refractivity contribution in [1.29, 1.82) is 0 Å². The Morgan fingerprint density at radius 3 is 1.00 bits per heavy atom. The molecule has 2 aliphatic heterocycles. The molecule has 0 radical (unpaired) electrons. The van der Waals surface area contributed by atoms with E-state index in [4.69, 9.17) is 18.9 Å². The molecule has 0 aromatic rings. The van der Waals surface area contributed by atoms with Crippen LogP contribution < -0.4 is 0 Å². The van der Waals surface area contributed by atoms with Gasteiger partial charge in [0.1, 0.15) is 26.9 Å². The minimum absolute atomic E-state index is 0.0272. The van der Waals surface area contributed by atoms with Crippen molar-refractivity contribution in [2.45, 2.75) is 25.2 Å². The topological polar surface area (TPSA) is 84.0 Å². The summed E-state index contributed by atoms with van der Waals surface area (Å²) in [6.07, 6.45) is 0. The van der Waals surface area contributed by atoms with Crippen LogP contribution >= 0.6 is 0 Å². The molecule has 138 valence electrons. The van der Waals surface area contributed by atoms with Gasteiger partial charge in [-0.1, -0.05) is 0 Å². The largest absolute Gasteiger partial charge is 0.364 e. The Bertz CT molecular complexity index is 426. The standard InChI is InChI=1S/C14H26N4O6/c1-13-14(2,17(9-23-5)11(19)15(13)7-21-3)18(10-24-6)12(20)16(13)8-22-4/h7-10H2,1-6H3. The van der Waals surface area contributed by atoms with Gasteiger partial charge >= 0.3 is 12.1 Å². The van der Waals surface area contributed by atoms with Crippen LogP contribution in [0.15, 0.2) is 0 Å². The van der Waals surface area contributed by atoms with Crippen LogP contribution in [0.4, 0.5) is 9.59 Å². The Morgan fingerprint density at radius 2 is 0.833 bits per heavy atom. The summed E-state index contributed by atoms with van der Waals surface area (Å²) in [4.78, 5) is 31.9. The van der Waals surface area contributed by atoms with E-state index in [1.54, 1.807) is 0 Å². The van der Waals surface area contributed by atoms with E-state index >= 15 is 0 Å². The molecule has 0 spiro atoms. The number of rotatable bonds is 8. The van der Waals surface area contributed by atoms with Crippen LogP contribution in [0.1, 0.15) is 13.8 Å². The van der Waals surface area contributed by atoms with E-state index in [2.05, 4.69) is 0 Å². The second-order valence-corrected chi connectivity index (χ2v) is 5.99. The molecule has 2 rings (SSSR count). The molecule has 0 atom stereocenters. The van der Waals surface area contributed by atoms with E-state index < -0.39 is 11.3 Å². The number of carbonyl (C=O) groups is 2. The molecule has 0 bridgehead atoms. The van der Waals surface area contributed by atoms with E-state index in [1.165, 1.54) is 48.0 Å². The fourth-order valence-electron chi connectivity index (χ4n) is 3.59. The molecule has 2 heterocycles. The van der Waals surface area contributed by atoms with Gasteiger partial charge in [0, 0.05) is 28.4 Å². The Hall–Kier alpha value is -1.62. The third-order valence-corrected chi connectivity index (χ3v) is 4.96. The van der Waals surface area contributed by atoms with Crippen molar-refractivity contribution in [3.8, 4) is 0 Å². The number of methoxy groups -OCH3 is 4. The lowest BCUT2D eigenvalue weighted by molar-refractivity contribution is -0.115. The van der Waals surface area contributed by atoms with Gasteiger partial charge in [0.25, 0.3) is 0 Å². The van der Waals surface area contributed by atoms with E-state index in [0.717, 1.165) is 0 Å². The minimum atomic E-state index is -1.02. The number of carbonyl (C=O) groups excluding carboxylic acids is 2. The fourth-order valence-corrected chi connectivity index (χ4v) is 3.59. The number of hydrogen-bond acceptors (Lipinski definition) is 6. The predicted molar refractivity (Wildman–Crippen MR) is 82.5 cm³/mol. The Morgan fingerprint density at radius 1 is 0.625 bits per heavy atom. The lowest BCUT2D eigenvalue weighted by atomic mass is 9.96. The summed E-state index contributed by atoms with van der Waals surface area (Å²) in [7, 11) is 5.99. The fraction of sp³-hybridized carbons (Fsp3) is 0.857. The summed E-state index contributed by atoms with van der Waals surface area (Å²) in [6, 6.07) is -0.586. The Labute approximate surface area is 141 Å². The number of urea groups is 2. The third-order valence-electron chi connectivity index (χ3n) is 4.96. The monoisotopic (exact) mass is 346 g/mol. The second kappa shape index (κ2) is 6.71. The molecule has 2 saturated heterocycles. The molecule has 0 unspecified atom stereocenters. The highest BCUT2D eigenvalue weighted by Gasteiger charge is 2.74. The Kier molecular flexibility index (Phi) is 5.23. The van der Waals surface area contributed by atoms with Gasteiger partial charge in [-0.15, -0.1) is 0 Å². The zero-order chi connectivity index (χ0) is 18.1. The second-order valence-electron chi connectivity index (χ2n) is 5.99. The zero-order valence-electron chi connectivity index (χ0n) is 15.1. The maximum atomic E-state index is 13.0. The minimum Gasteiger partial charge on any atom is -0.364 e. The van der Waals surface area contributed by atoms with Gasteiger partial charge in [-0.05, 0) is 13.8 Å². The third kappa shape index (κ3) is 2.17. The van der Waals surface area contributed by atoms with Crippen molar-refractivity contribution in [2.75, 3.05) is 55.4 Å². The average molecular weight is 346 g/mol. The van der Waals surface area contributed by atoms with E-state index in [0.29, 0.717) is 0 Å². The van der Waals surface area contributed by atoms with Crippen LogP contribution in [0.3, 0.4) is 0 Å². The van der Waals surface area contributed by atoms with Crippen LogP contribution in [0.2, 0.25) is 0 Å². The molecule has 2 aliphatic rings. The van der Waals surface area contributed by atoms with Crippen LogP contribution in [0.5, 0.6) is 0 Å². The van der Waals surface area contributed by atoms with Gasteiger partial charge in [-0.3, -0.25) is 19.6 Å². The molecule has 2 fully saturated rings. The molecule has 10 nitrogen and oxygen atoms in total. The maximum Gasteiger partial charge on any atom is 0.327 e. The van der Waals surface area contributed by atoms with Gasteiger partial charge in [-0.25, -0.2) is 9.59 Å². The average Bonchev–Trinajstić information content (AvgIpc) is 2.81. The van der Waals surface area contributed by atoms with Gasteiger partial charge in [0.2, 0.25) is 0 Å². The number of nitrogens with zero attached hydrogens (tertiary/aromatic N) is 4. The molecule has 24 heavy (non-hydrogen) atoms. The molecule has 0 aromatic carbocycles. The van der Waals surface area contributed by atoms with Crippen LogP contribution in [0.25, 0.3) is 0 Å². The molecular formula is C14H26N4O6. The highest BCUT2D eigenvalue weighted by atomic mass is 16.5.